The van der Waals surface area contributed by atoms with Gasteiger partial charge >= 0.3 is 5.97 Å². The van der Waals surface area contributed by atoms with Gasteiger partial charge in [-0.1, -0.05) is 48.5 Å². The number of carbonyl (C=O) groups excluding carboxylic acids is 1. The lowest BCUT2D eigenvalue weighted by Gasteiger charge is -2.25. The van der Waals surface area contributed by atoms with E-state index in [4.69, 9.17) is 0 Å². The number of rotatable bonds is 9. The van der Waals surface area contributed by atoms with Crippen LogP contribution in [-0.4, -0.2) is 49.9 Å². The number of amides is 1. The summed E-state index contributed by atoms with van der Waals surface area (Å²) in [6.45, 7) is -0.113. The maximum atomic E-state index is 12.3. The van der Waals surface area contributed by atoms with Crippen LogP contribution in [0.1, 0.15) is 12.0 Å². The van der Waals surface area contributed by atoms with Gasteiger partial charge in [-0.05, 0) is 17.7 Å². The highest BCUT2D eigenvalue weighted by Gasteiger charge is 2.26. The van der Waals surface area contributed by atoms with E-state index in [1.54, 1.807) is 42.5 Å². The maximum Gasteiger partial charge on any atom is 0.326 e. The molecule has 1 atom stereocenters. The summed E-state index contributed by atoms with van der Waals surface area (Å²) in [5, 5.41) is 9.45. The summed E-state index contributed by atoms with van der Waals surface area (Å²) in [7, 11) is -2.29. The summed E-state index contributed by atoms with van der Waals surface area (Å²) >= 11 is 0. The molecule has 7 nitrogen and oxygen atoms in total. The van der Waals surface area contributed by atoms with Crippen molar-refractivity contribution in [2.45, 2.75) is 23.8 Å². The Labute approximate surface area is 158 Å². The van der Waals surface area contributed by atoms with Crippen molar-refractivity contribution in [1.82, 2.24) is 9.62 Å². The molecular formula is C19H22N2O5S. The summed E-state index contributed by atoms with van der Waals surface area (Å²) < 4.78 is 26.6. The van der Waals surface area contributed by atoms with E-state index in [1.807, 2.05) is 6.07 Å². The Balaban J connectivity index is 1.94. The van der Waals surface area contributed by atoms with Crippen molar-refractivity contribution < 1.29 is 23.1 Å². The third kappa shape index (κ3) is 5.90. The number of nitrogens with one attached hydrogen (secondary N) is 1. The summed E-state index contributed by atoms with van der Waals surface area (Å²) in [5.41, 5.74) is 0.800. The predicted octanol–water partition coefficient (Wildman–Crippen LogP) is 1.51. The zero-order valence-electron chi connectivity index (χ0n) is 14.9. The van der Waals surface area contributed by atoms with E-state index in [0.29, 0.717) is 0 Å². The molecule has 1 unspecified atom stereocenters. The second-order valence-corrected chi connectivity index (χ2v) is 7.78. The number of carboxylic acid groups (broad SMARTS) is 1. The molecule has 0 aromatic heterocycles. The van der Waals surface area contributed by atoms with Crippen molar-refractivity contribution in [2.75, 3.05) is 13.6 Å². The van der Waals surface area contributed by atoms with Gasteiger partial charge in [-0.25, -0.2) is 17.9 Å². The largest absolute Gasteiger partial charge is 0.480 e. The fourth-order valence-electron chi connectivity index (χ4n) is 2.55. The molecule has 0 spiro atoms. The van der Waals surface area contributed by atoms with Crippen molar-refractivity contribution in [2.24, 2.45) is 0 Å². The van der Waals surface area contributed by atoms with Crippen LogP contribution in [0, 0.1) is 0 Å². The van der Waals surface area contributed by atoms with Crippen LogP contribution in [0.25, 0.3) is 0 Å². The summed E-state index contributed by atoms with van der Waals surface area (Å²) in [5.74, 6) is -1.56. The Morgan fingerprint density at radius 2 is 1.59 bits per heavy atom. The van der Waals surface area contributed by atoms with Crippen LogP contribution >= 0.6 is 0 Å². The summed E-state index contributed by atoms with van der Waals surface area (Å²) in [4.78, 5) is 25.1. The third-order valence-corrected chi connectivity index (χ3v) is 5.58. The van der Waals surface area contributed by atoms with E-state index in [9.17, 15) is 23.1 Å². The fraction of sp³-hybridized carbons (Fsp3) is 0.263. The Morgan fingerprint density at radius 1 is 1.04 bits per heavy atom. The van der Waals surface area contributed by atoms with Crippen LogP contribution in [0.3, 0.4) is 0 Å². The number of hydrogen-bond acceptors (Lipinski definition) is 4. The van der Waals surface area contributed by atoms with E-state index in [1.165, 1.54) is 19.2 Å². The molecule has 0 saturated carbocycles. The van der Waals surface area contributed by atoms with E-state index in [0.717, 1.165) is 10.5 Å². The average molecular weight is 390 g/mol. The predicted molar refractivity (Wildman–Crippen MR) is 101 cm³/mol. The molecule has 0 aliphatic rings. The van der Waals surface area contributed by atoms with Crippen LogP contribution in [0.2, 0.25) is 0 Å². The lowest BCUT2D eigenvalue weighted by molar-refractivity contribution is -0.148. The monoisotopic (exact) mass is 390 g/mol. The first-order chi connectivity index (χ1) is 12.8. The number of aliphatic carboxylic acids is 1. The summed E-state index contributed by atoms with van der Waals surface area (Å²) in [6.07, 6.45) is 0.0370. The topological polar surface area (TPSA) is 104 Å². The van der Waals surface area contributed by atoms with E-state index in [2.05, 4.69) is 4.72 Å². The zero-order valence-corrected chi connectivity index (χ0v) is 15.7. The van der Waals surface area contributed by atoms with Crippen LogP contribution in [-0.2, 0) is 26.0 Å². The van der Waals surface area contributed by atoms with Gasteiger partial charge < -0.3 is 10.0 Å². The third-order valence-electron chi connectivity index (χ3n) is 4.10. The first kappa shape index (κ1) is 20.6. The molecule has 144 valence electrons. The maximum absolute atomic E-state index is 12.3. The molecule has 0 saturated heterocycles. The molecule has 2 rings (SSSR count). The first-order valence-electron chi connectivity index (χ1n) is 8.38. The zero-order chi connectivity index (χ0) is 19.9. The quantitative estimate of drug-likeness (QED) is 0.675. The number of sulfonamides is 1. The van der Waals surface area contributed by atoms with Crippen LogP contribution in [0.15, 0.2) is 65.6 Å². The van der Waals surface area contributed by atoms with Crippen molar-refractivity contribution in [3.05, 3.63) is 66.2 Å². The van der Waals surface area contributed by atoms with Crippen molar-refractivity contribution >= 4 is 21.9 Å². The van der Waals surface area contributed by atoms with Gasteiger partial charge in [0.15, 0.2) is 0 Å². The van der Waals surface area contributed by atoms with Gasteiger partial charge in [0.05, 0.1) is 4.90 Å². The van der Waals surface area contributed by atoms with Crippen LogP contribution in [0.4, 0.5) is 0 Å². The number of likely N-dealkylation sites (N-methyl/N-ethyl adjacent to an activating group) is 1. The lowest BCUT2D eigenvalue weighted by Crippen LogP contribution is -2.44. The first-order valence-corrected chi connectivity index (χ1v) is 9.86. The van der Waals surface area contributed by atoms with E-state index in [-0.39, 0.29) is 24.3 Å². The fourth-order valence-corrected chi connectivity index (χ4v) is 3.61. The molecule has 2 N–H and O–H groups in total. The standard InChI is InChI=1S/C19H22N2O5S/c1-21(17(19(23)24)14-15-8-4-2-5-9-15)18(22)12-13-20-27(25,26)16-10-6-3-7-11-16/h2-11,17,20H,12-14H2,1H3,(H,23,24). The number of nitrogens with zero attached hydrogens (tertiary/aromatic N) is 1. The molecule has 0 bridgehead atoms. The molecule has 0 heterocycles. The average Bonchev–Trinajstić information content (AvgIpc) is 2.66. The molecule has 27 heavy (non-hydrogen) atoms. The molecule has 2 aromatic carbocycles. The SMILES string of the molecule is CN(C(=O)CCNS(=O)(=O)c1ccccc1)C(Cc1ccccc1)C(=O)O. The highest BCUT2D eigenvalue weighted by Crippen LogP contribution is 2.10. The second-order valence-electron chi connectivity index (χ2n) is 6.01. The van der Waals surface area contributed by atoms with Gasteiger partial charge in [0, 0.05) is 26.4 Å². The Bertz CT molecular complexity index is 869. The Hall–Kier alpha value is -2.71. The summed E-state index contributed by atoms with van der Waals surface area (Å²) in [6, 6.07) is 15.8. The molecule has 2 aromatic rings. The van der Waals surface area contributed by atoms with Crippen molar-refractivity contribution in [3.8, 4) is 0 Å². The molecule has 0 aliphatic heterocycles. The minimum absolute atomic E-state index is 0.110. The number of benzene rings is 2. The second kappa shape index (κ2) is 9.29. The van der Waals surface area contributed by atoms with Gasteiger partial charge in [-0.15, -0.1) is 0 Å². The van der Waals surface area contributed by atoms with Crippen molar-refractivity contribution in [3.63, 3.8) is 0 Å². The Kier molecular flexibility index (Phi) is 7.09. The molecule has 1 amide bonds. The molecule has 0 aliphatic carbocycles. The minimum Gasteiger partial charge on any atom is -0.480 e. The van der Waals surface area contributed by atoms with Gasteiger partial charge in [0.1, 0.15) is 6.04 Å². The minimum atomic E-state index is -3.70. The van der Waals surface area contributed by atoms with Gasteiger partial charge in [-0.3, -0.25) is 4.79 Å². The lowest BCUT2D eigenvalue weighted by atomic mass is 10.0. The number of carboxylic acids is 1. The van der Waals surface area contributed by atoms with Gasteiger partial charge in [0.25, 0.3) is 0 Å². The van der Waals surface area contributed by atoms with Crippen LogP contribution in [0.5, 0.6) is 0 Å². The number of carbonyl (C=O) groups is 2. The smallest absolute Gasteiger partial charge is 0.326 e. The van der Waals surface area contributed by atoms with E-state index >= 15 is 0 Å². The number of hydrogen-bond donors (Lipinski definition) is 2. The molecule has 0 radical (unpaired) electrons. The van der Waals surface area contributed by atoms with E-state index < -0.39 is 27.9 Å². The Morgan fingerprint density at radius 3 is 2.15 bits per heavy atom. The van der Waals surface area contributed by atoms with Gasteiger partial charge in [-0.2, -0.15) is 0 Å². The molecule has 8 heteroatoms. The highest BCUT2D eigenvalue weighted by molar-refractivity contribution is 7.89. The molecular weight excluding hydrogens is 368 g/mol. The normalized spacial score (nSPS) is 12.3. The van der Waals surface area contributed by atoms with Crippen LogP contribution < -0.4 is 4.72 Å². The van der Waals surface area contributed by atoms with Crippen molar-refractivity contribution in [1.29, 1.82) is 0 Å². The molecule has 0 fully saturated rings. The van der Waals surface area contributed by atoms with Gasteiger partial charge in [0.2, 0.25) is 15.9 Å². The highest BCUT2D eigenvalue weighted by atomic mass is 32.2.